The number of nitrogens with zero attached hydrogens (tertiary/aromatic N) is 2. The lowest BCUT2D eigenvalue weighted by Gasteiger charge is -2.12. The van der Waals surface area contributed by atoms with Crippen molar-refractivity contribution >= 4 is 40.8 Å². The van der Waals surface area contributed by atoms with Gasteiger partial charge in [0.25, 0.3) is 0 Å². The maximum absolute atomic E-state index is 13.4. The van der Waals surface area contributed by atoms with E-state index in [-0.39, 0.29) is 23.7 Å². The number of nitriles is 1. The maximum atomic E-state index is 13.4. The van der Waals surface area contributed by atoms with Crippen LogP contribution in [0, 0.1) is 11.3 Å². The molecule has 0 amide bonds. The van der Waals surface area contributed by atoms with Crippen LogP contribution in [0.15, 0.2) is 130 Å². The Kier molecular flexibility index (Phi) is 13.3. The fraction of sp³-hybridized carbons (Fsp3) is 0.205. The summed E-state index contributed by atoms with van der Waals surface area (Å²) in [6.45, 7) is 3.99. The Morgan fingerprint density at radius 3 is 1.81 bits per heavy atom. The molecule has 0 saturated carbocycles. The minimum absolute atomic E-state index is 0.0539. The van der Waals surface area contributed by atoms with Crippen LogP contribution in [0.4, 0.5) is 0 Å². The summed E-state index contributed by atoms with van der Waals surface area (Å²) >= 11 is 1.51. The second kappa shape index (κ2) is 18.0. The molecule has 0 N–H and O–H groups in total. The molecule has 0 spiro atoms. The molecular weight excluding hydrogens is 609 g/mol. The van der Waals surface area contributed by atoms with Gasteiger partial charge in [0, 0.05) is 20.9 Å². The number of ketones is 1. The van der Waals surface area contributed by atoms with Gasteiger partial charge in [-0.05, 0) is 79.4 Å². The summed E-state index contributed by atoms with van der Waals surface area (Å²) in [5, 5.41) is 13.9. The summed E-state index contributed by atoms with van der Waals surface area (Å²) < 4.78 is 5.16. The molecular formula is C39H36N2O5S. The van der Waals surface area contributed by atoms with E-state index in [0.29, 0.717) is 28.7 Å². The lowest BCUT2D eigenvalue weighted by atomic mass is 9.93. The number of hydrogen-bond acceptors (Lipinski definition) is 8. The van der Waals surface area contributed by atoms with Gasteiger partial charge in [-0.1, -0.05) is 104 Å². The first-order valence-corrected chi connectivity index (χ1v) is 16.4. The van der Waals surface area contributed by atoms with Gasteiger partial charge < -0.3 is 9.57 Å². The molecule has 0 bridgehead atoms. The van der Waals surface area contributed by atoms with Crippen molar-refractivity contribution < 1.29 is 24.0 Å². The molecule has 0 aliphatic rings. The van der Waals surface area contributed by atoms with Crippen LogP contribution in [0.1, 0.15) is 77.8 Å². The number of unbranched alkanes of at least 4 members (excludes halogenated alkanes) is 3. The second-order valence-corrected chi connectivity index (χ2v) is 11.7. The predicted octanol–water partition coefficient (Wildman–Crippen LogP) is 9.09. The number of hydrogen-bond donors (Lipinski definition) is 0. The highest BCUT2D eigenvalue weighted by molar-refractivity contribution is 7.99. The zero-order chi connectivity index (χ0) is 33.4. The van der Waals surface area contributed by atoms with E-state index in [1.54, 1.807) is 49.4 Å². The molecule has 0 aromatic heterocycles. The largest absolute Gasteiger partial charge is 0.462 e. The Morgan fingerprint density at radius 1 is 0.702 bits per heavy atom. The summed E-state index contributed by atoms with van der Waals surface area (Å²) in [4.78, 5) is 45.5. The minimum atomic E-state index is -0.662. The summed E-state index contributed by atoms with van der Waals surface area (Å²) in [5.74, 6) is -1.55. The Morgan fingerprint density at radius 2 is 1.26 bits per heavy atom. The van der Waals surface area contributed by atoms with Gasteiger partial charge in [0.1, 0.15) is 17.4 Å². The number of oxime groups is 1. The van der Waals surface area contributed by atoms with Crippen LogP contribution in [0.2, 0.25) is 0 Å². The fourth-order valence-electron chi connectivity index (χ4n) is 4.78. The van der Waals surface area contributed by atoms with Crippen molar-refractivity contribution in [2.75, 3.05) is 6.61 Å². The van der Waals surface area contributed by atoms with Crippen molar-refractivity contribution in [3.63, 3.8) is 0 Å². The van der Waals surface area contributed by atoms with E-state index in [0.717, 1.165) is 41.0 Å². The van der Waals surface area contributed by atoms with Crippen molar-refractivity contribution in [1.82, 2.24) is 0 Å². The quantitative estimate of drug-likeness (QED) is 0.0186. The van der Waals surface area contributed by atoms with E-state index in [4.69, 9.17) is 9.57 Å². The predicted molar refractivity (Wildman–Crippen MR) is 184 cm³/mol. The van der Waals surface area contributed by atoms with Crippen LogP contribution in [-0.2, 0) is 14.4 Å². The standard InChI is InChI=1S/C39H36N2O5S/c1-3-5-6-13-18-35(41-46-38(43)31-16-11-8-12-17-31)37(42)30-21-25-33(26-22-30)47-32-23-19-29(20-24-32)36(28-14-9-7-10-15-28)34(27-40)39(44)45-4-2/h7-12,14-17,19-26H,3-6,13,18H2,1-2H3. The molecule has 7 nitrogen and oxygen atoms in total. The number of carbonyl (C=O) groups excluding carboxylic acids is 3. The summed E-state index contributed by atoms with van der Waals surface area (Å²) in [6, 6.07) is 34.7. The number of esters is 1. The molecule has 0 fully saturated rings. The first kappa shape index (κ1) is 34.6. The number of benzene rings is 4. The van der Waals surface area contributed by atoms with Gasteiger partial charge in [-0.15, -0.1) is 0 Å². The van der Waals surface area contributed by atoms with Gasteiger partial charge >= 0.3 is 11.9 Å². The molecule has 238 valence electrons. The van der Waals surface area contributed by atoms with E-state index in [1.807, 2.05) is 72.8 Å². The minimum Gasteiger partial charge on any atom is -0.462 e. The molecule has 0 aliphatic heterocycles. The molecule has 0 aliphatic carbocycles. The number of rotatable bonds is 15. The third-order valence-electron chi connectivity index (χ3n) is 7.18. The van der Waals surface area contributed by atoms with Gasteiger partial charge in [-0.25, -0.2) is 9.59 Å². The van der Waals surface area contributed by atoms with Crippen molar-refractivity contribution in [2.24, 2.45) is 5.16 Å². The normalized spacial score (nSPS) is 11.6. The molecule has 0 heterocycles. The van der Waals surface area contributed by atoms with Crippen LogP contribution in [0.3, 0.4) is 0 Å². The zero-order valence-electron chi connectivity index (χ0n) is 26.5. The summed E-state index contributed by atoms with van der Waals surface area (Å²) in [7, 11) is 0. The molecule has 4 rings (SSSR count). The molecule has 0 atom stereocenters. The molecule has 0 saturated heterocycles. The van der Waals surface area contributed by atoms with Gasteiger partial charge in [0.15, 0.2) is 0 Å². The van der Waals surface area contributed by atoms with Gasteiger partial charge in [-0.3, -0.25) is 4.79 Å². The average Bonchev–Trinajstić information content (AvgIpc) is 3.11. The topological polar surface area (TPSA) is 106 Å². The Hall–Kier alpha value is -5.26. The maximum Gasteiger partial charge on any atom is 0.365 e. The zero-order valence-corrected chi connectivity index (χ0v) is 27.3. The lowest BCUT2D eigenvalue weighted by Crippen LogP contribution is -2.16. The van der Waals surface area contributed by atoms with Gasteiger partial charge in [0.05, 0.1) is 12.2 Å². The Balaban J connectivity index is 1.50. The van der Waals surface area contributed by atoms with E-state index in [2.05, 4.69) is 12.1 Å². The molecule has 4 aromatic rings. The summed E-state index contributed by atoms with van der Waals surface area (Å²) in [6.07, 6.45) is 4.24. The van der Waals surface area contributed by atoms with Crippen LogP contribution >= 0.6 is 11.8 Å². The van der Waals surface area contributed by atoms with Crippen molar-refractivity contribution in [1.29, 1.82) is 5.26 Å². The molecule has 4 aromatic carbocycles. The summed E-state index contributed by atoms with van der Waals surface area (Å²) in [5.41, 5.74) is 2.93. The average molecular weight is 645 g/mol. The van der Waals surface area contributed by atoms with Crippen LogP contribution in [0.5, 0.6) is 0 Å². The lowest BCUT2D eigenvalue weighted by molar-refractivity contribution is -0.137. The number of Topliss-reactive ketones (excluding diaryl/α,β-unsaturated/α-hetero) is 1. The van der Waals surface area contributed by atoms with Crippen LogP contribution < -0.4 is 0 Å². The SMILES string of the molecule is CCCCCCC(=NOC(=O)c1ccccc1)C(=O)c1ccc(Sc2ccc(C(=C(C#N)C(=O)OCC)c3ccccc3)cc2)cc1. The van der Waals surface area contributed by atoms with Crippen LogP contribution in [0.25, 0.3) is 5.57 Å². The Labute approximate surface area is 279 Å². The van der Waals surface area contributed by atoms with Crippen LogP contribution in [-0.4, -0.2) is 30.0 Å². The highest BCUT2D eigenvalue weighted by Gasteiger charge is 2.20. The molecule has 8 heteroatoms. The highest BCUT2D eigenvalue weighted by atomic mass is 32.2. The third kappa shape index (κ3) is 9.86. The number of ether oxygens (including phenoxy) is 1. The monoisotopic (exact) mass is 644 g/mol. The van der Waals surface area contributed by atoms with Gasteiger partial charge in [-0.2, -0.15) is 5.26 Å². The Bertz CT molecular complexity index is 1760. The van der Waals surface area contributed by atoms with E-state index >= 15 is 0 Å². The first-order valence-electron chi connectivity index (χ1n) is 15.6. The highest BCUT2D eigenvalue weighted by Crippen LogP contribution is 2.32. The third-order valence-corrected chi connectivity index (χ3v) is 8.19. The smallest absolute Gasteiger partial charge is 0.365 e. The van der Waals surface area contributed by atoms with E-state index < -0.39 is 11.9 Å². The van der Waals surface area contributed by atoms with Crippen molar-refractivity contribution in [3.05, 3.63) is 137 Å². The first-order chi connectivity index (χ1) is 22.9. The van der Waals surface area contributed by atoms with Gasteiger partial charge in [0.2, 0.25) is 5.78 Å². The van der Waals surface area contributed by atoms with Crippen molar-refractivity contribution in [2.45, 2.75) is 55.7 Å². The second-order valence-electron chi connectivity index (χ2n) is 10.5. The number of carbonyl (C=O) groups is 3. The van der Waals surface area contributed by atoms with Crippen molar-refractivity contribution in [3.8, 4) is 6.07 Å². The fourth-order valence-corrected chi connectivity index (χ4v) is 5.59. The molecule has 0 radical (unpaired) electrons. The van der Waals surface area contributed by atoms with E-state index in [1.165, 1.54) is 11.8 Å². The van der Waals surface area contributed by atoms with E-state index in [9.17, 15) is 19.6 Å². The molecule has 47 heavy (non-hydrogen) atoms. The molecule has 0 unspecified atom stereocenters.